The number of rotatable bonds is 22. The smallest absolute Gasteiger partial charge is 0.359 e. The van der Waals surface area contributed by atoms with E-state index < -0.39 is 62.0 Å². The van der Waals surface area contributed by atoms with Crippen molar-refractivity contribution >= 4 is 35.8 Å². The number of hydrogen-bond acceptors (Lipinski definition) is 6. The van der Waals surface area contributed by atoms with Crippen molar-refractivity contribution in [2.45, 2.75) is 6.42 Å². The second-order valence-corrected chi connectivity index (χ2v) is 8.28. The lowest BCUT2D eigenvalue weighted by Gasteiger charge is -2.23. The van der Waals surface area contributed by atoms with Gasteiger partial charge in [-0.25, -0.2) is 28.8 Å². The van der Waals surface area contributed by atoms with Gasteiger partial charge in [0.05, 0.1) is 13.1 Å². The molecule has 0 saturated carbocycles. The summed E-state index contributed by atoms with van der Waals surface area (Å²) in [6.45, 7) is -1.16. The number of hydrogen-bond donors (Lipinski definition) is 10. The maximum absolute atomic E-state index is 11.2. The fourth-order valence-electron chi connectivity index (χ4n) is 3.66. The van der Waals surface area contributed by atoms with Gasteiger partial charge in [0.15, 0.2) is 39.3 Å². The Balaban J connectivity index is -0.000000963. The average molecular weight is 654 g/mol. The number of carboxylic acids is 6. The van der Waals surface area contributed by atoms with Gasteiger partial charge < -0.3 is 99.9 Å². The van der Waals surface area contributed by atoms with Crippen molar-refractivity contribution in [3.8, 4) is 0 Å². The third-order valence-corrected chi connectivity index (χ3v) is 5.13. The molecule has 0 saturated heterocycles. The summed E-state index contributed by atoms with van der Waals surface area (Å²) in [6, 6.07) is 0. The highest BCUT2D eigenvalue weighted by molar-refractivity contribution is 5.70. The Morgan fingerprint density at radius 3 is 0.718 bits per heavy atom. The highest BCUT2D eigenvalue weighted by atomic mass is 35.5. The second kappa shape index (κ2) is 26.1. The van der Waals surface area contributed by atoms with Crippen molar-refractivity contribution in [2.24, 2.45) is 0 Å². The van der Waals surface area contributed by atoms with E-state index in [4.69, 9.17) is 30.6 Å². The lowest BCUT2D eigenvalue weighted by molar-refractivity contribution is -0.957. The lowest BCUT2D eigenvalue weighted by Crippen LogP contribution is -3.22. The Hall–Kier alpha value is -2.18. The van der Waals surface area contributed by atoms with Gasteiger partial charge in [0.2, 0.25) is 0 Å². The van der Waals surface area contributed by atoms with Crippen LogP contribution in [-0.4, -0.2) is 145 Å². The summed E-state index contributed by atoms with van der Waals surface area (Å²) in [4.78, 5) is 67.8. The fourth-order valence-corrected chi connectivity index (χ4v) is 3.66. The molecule has 20 heteroatoms. The summed E-state index contributed by atoms with van der Waals surface area (Å²) in [7, 11) is 0. The molecule has 0 aliphatic heterocycles. The number of halogens is 4. The molecule has 0 aliphatic rings. The van der Waals surface area contributed by atoms with E-state index in [0.29, 0.717) is 29.3 Å². The normalized spacial score (nSPS) is 11.5. The molecular formula is C19H36Cl4N4O12. The minimum Gasteiger partial charge on any atom is -1.00 e. The van der Waals surface area contributed by atoms with Crippen molar-refractivity contribution in [3.63, 3.8) is 0 Å². The molecule has 0 radical (unpaired) electrons. The Bertz CT molecular complexity index is 674. The van der Waals surface area contributed by atoms with Crippen LogP contribution in [0.5, 0.6) is 0 Å². The summed E-state index contributed by atoms with van der Waals surface area (Å²) >= 11 is 0. The number of aliphatic carboxylic acids is 6. The van der Waals surface area contributed by atoms with Gasteiger partial charge in [0, 0.05) is 6.42 Å². The fraction of sp³-hybridized carbons (Fsp3) is 0.684. The molecule has 0 rings (SSSR count). The van der Waals surface area contributed by atoms with Crippen molar-refractivity contribution in [1.82, 2.24) is 0 Å². The van der Waals surface area contributed by atoms with E-state index in [-0.39, 0.29) is 98.7 Å². The number of quaternary nitrogens is 4. The zero-order chi connectivity index (χ0) is 27.0. The molecule has 232 valence electrons. The maximum Gasteiger partial charge on any atom is 0.359 e. The molecule has 39 heavy (non-hydrogen) atoms. The third-order valence-electron chi connectivity index (χ3n) is 5.13. The summed E-state index contributed by atoms with van der Waals surface area (Å²) < 4.78 is 0. The van der Waals surface area contributed by atoms with Gasteiger partial charge in [-0.2, -0.15) is 0 Å². The molecule has 0 bridgehead atoms. The van der Waals surface area contributed by atoms with Crippen LogP contribution in [0.15, 0.2) is 0 Å². The van der Waals surface area contributed by atoms with Crippen LogP contribution in [0, 0.1) is 0 Å². The Kier molecular flexibility index (Phi) is 31.2. The predicted octanol–water partition coefficient (Wildman–Crippen LogP) is -20.6. The molecule has 0 aromatic heterocycles. The quantitative estimate of drug-likeness (QED) is 0.0524. The van der Waals surface area contributed by atoms with Gasteiger partial charge in [0.1, 0.15) is 26.2 Å². The van der Waals surface area contributed by atoms with Crippen molar-refractivity contribution < 1.29 is 129 Å². The van der Waals surface area contributed by atoms with Gasteiger partial charge in [-0.1, -0.05) is 0 Å². The summed E-state index contributed by atoms with van der Waals surface area (Å²) in [5, 5.41) is 54.1. The van der Waals surface area contributed by atoms with E-state index in [2.05, 4.69) is 0 Å². The summed E-state index contributed by atoms with van der Waals surface area (Å²) in [5.41, 5.74) is 0. The van der Waals surface area contributed by atoms with Crippen LogP contribution in [0.3, 0.4) is 0 Å². The molecule has 16 nitrogen and oxygen atoms in total. The molecule has 10 N–H and O–H groups in total. The van der Waals surface area contributed by atoms with Crippen LogP contribution in [0.25, 0.3) is 0 Å². The van der Waals surface area contributed by atoms with Crippen LogP contribution in [0.2, 0.25) is 0 Å². The minimum atomic E-state index is -1.18. The molecule has 0 spiro atoms. The van der Waals surface area contributed by atoms with Gasteiger partial charge >= 0.3 is 35.8 Å². The number of carboxylic acid groups (broad SMARTS) is 6. The van der Waals surface area contributed by atoms with Crippen molar-refractivity contribution in [3.05, 3.63) is 0 Å². The largest absolute Gasteiger partial charge is 1.00 e. The van der Waals surface area contributed by atoms with Gasteiger partial charge in [-0.15, -0.1) is 0 Å². The minimum absolute atomic E-state index is 0. The lowest BCUT2D eigenvalue weighted by atomic mass is 10.3. The van der Waals surface area contributed by atoms with E-state index in [1.54, 1.807) is 0 Å². The predicted molar refractivity (Wildman–Crippen MR) is 113 cm³/mol. The zero-order valence-electron chi connectivity index (χ0n) is 20.8. The number of carbonyl (C=O) groups is 6. The molecule has 0 fully saturated rings. The SMILES string of the molecule is O=C(O)C[NH+](CCC[NH+](CC[NH+](CC(=O)O)CC(=O)O)CC(=O)O)CC[NH+](CC(=O)O)CC(=O)O.[Cl-].[Cl-].[Cl-].[Cl-]. The molecule has 0 aliphatic carbocycles. The van der Waals surface area contributed by atoms with Crippen LogP contribution in [0.4, 0.5) is 0 Å². The first kappa shape index (κ1) is 46.7. The van der Waals surface area contributed by atoms with Crippen LogP contribution in [0.1, 0.15) is 6.42 Å². The van der Waals surface area contributed by atoms with E-state index in [1.807, 2.05) is 0 Å². The van der Waals surface area contributed by atoms with E-state index in [0.717, 1.165) is 0 Å². The zero-order valence-corrected chi connectivity index (χ0v) is 23.9. The molecule has 2 atom stereocenters. The first-order chi connectivity index (χ1) is 16.3. The van der Waals surface area contributed by atoms with Gasteiger partial charge in [0.25, 0.3) is 0 Å². The summed E-state index contributed by atoms with van der Waals surface area (Å²) in [5.74, 6) is -6.94. The monoisotopic (exact) mass is 652 g/mol. The standard InChI is InChI=1S/C19H32N4O12.4ClH/c24-14(25)8-20(4-6-22(10-16(28)29)11-17(30)31)2-1-3-21(9-15(26)27)5-7-23(12-18(32)33)13-19(34)35;;;;/h1-13H2,(H,24,25)(H,26,27)(H,28,29)(H,30,31)(H,32,33)(H,34,35);4*1H. The van der Waals surface area contributed by atoms with E-state index in [1.165, 1.54) is 0 Å². The first-order valence-electron chi connectivity index (χ1n) is 10.9. The van der Waals surface area contributed by atoms with E-state index in [9.17, 15) is 28.8 Å². The molecule has 2 unspecified atom stereocenters. The molecular weight excluding hydrogens is 618 g/mol. The highest BCUT2D eigenvalue weighted by Gasteiger charge is 2.24. The van der Waals surface area contributed by atoms with Gasteiger partial charge in [-0.3, -0.25) is 0 Å². The van der Waals surface area contributed by atoms with Crippen LogP contribution < -0.4 is 69.2 Å². The Labute approximate surface area is 249 Å². The van der Waals surface area contributed by atoms with Crippen LogP contribution >= 0.6 is 0 Å². The second-order valence-electron chi connectivity index (χ2n) is 8.28. The molecule has 0 heterocycles. The Morgan fingerprint density at radius 2 is 0.513 bits per heavy atom. The van der Waals surface area contributed by atoms with Crippen molar-refractivity contribution in [1.29, 1.82) is 0 Å². The molecule has 0 amide bonds. The van der Waals surface area contributed by atoms with Crippen molar-refractivity contribution in [2.75, 3.05) is 78.5 Å². The molecule has 0 aromatic rings. The maximum atomic E-state index is 11.2. The topological polar surface area (TPSA) is 242 Å². The Morgan fingerprint density at radius 1 is 0.333 bits per heavy atom. The molecule has 0 aromatic carbocycles. The summed E-state index contributed by atoms with van der Waals surface area (Å²) in [6.07, 6.45) is 0.381. The van der Waals surface area contributed by atoms with E-state index >= 15 is 0 Å². The van der Waals surface area contributed by atoms with Gasteiger partial charge in [-0.05, 0) is 0 Å². The first-order valence-corrected chi connectivity index (χ1v) is 10.9. The van der Waals surface area contributed by atoms with Crippen LogP contribution in [-0.2, 0) is 28.8 Å². The number of nitrogens with one attached hydrogen (secondary N) is 4. The third kappa shape index (κ3) is 28.6. The average Bonchev–Trinajstić information content (AvgIpc) is 2.67. The highest BCUT2D eigenvalue weighted by Crippen LogP contribution is 1.70.